The second kappa shape index (κ2) is 12.5. The minimum atomic E-state index is -3.35. The molecule has 0 aliphatic heterocycles. The van der Waals surface area contributed by atoms with Crippen LogP contribution in [0.3, 0.4) is 0 Å². The predicted octanol–water partition coefficient (Wildman–Crippen LogP) is 5.65. The summed E-state index contributed by atoms with van der Waals surface area (Å²) in [4.78, 5) is 31.1. The lowest BCUT2D eigenvalue weighted by atomic mass is 10.0. The van der Waals surface area contributed by atoms with Crippen LogP contribution in [0.2, 0.25) is 0 Å². The van der Waals surface area contributed by atoms with E-state index in [1.807, 2.05) is 11.8 Å². The van der Waals surface area contributed by atoms with Crippen molar-refractivity contribution in [2.24, 2.45) is 0 Å². The van der Waals surface area contributed by atoms with Crippen molar-refractivity contribution in [3.8, 4) is 5.75 Å². The number of aromatic nitrogens is 1. The molecule has 1 heterocycles. The number of alkyl halides is 2. The van der Waals surface area contributed by atoms with Crippen LogP contribution in [0.5, 0.6) is 5.75 Å². The van der Waals surface area contributed by atoms with Gasteiger partial charge in [-0.25, -0.2) is 27.7 Å². The fourth-order valence-corrected chi connectivity index (χ4v) is 3.67. The lowest BCUT2D eigenvalue weighted by molar-refractivity contribution is 0.0135. The van der Waals surface area contributed by atoms with E-state index < -0.39 is 41.1 Å². The second-order valence-corrected chi connectivity index (χ2v) is 10.2. The number of pyridine rings is 1. The number of aryl methyl sites for hydroxylation is 1. The minimum Gasteiger partial charge on any atom is -0.483 e. The first-order valence-corrected chi connectivity index (χ1v) is 12.2. The number of hydrogen-bond donors (Lipinski definition) is 1. The molecule has 0 aliphatic rings. The number of rotatable bonds is 11. The third kappa shape index (κ3) is 8.90. The number of hydrogen-bond acceptors (Lipinski definition) is 6. The van der Waals surface area contributed by atoms with Crippen LogP contribution in [0.15, 0.2) is 30.5 Å². The van der Waals surface area contributed by atoms with E-state index in [-0.39, 0.29) is 18.0 Å². The molecule has 210 valence electrons. The SMILES string of the molecule is CCN(CCN(C)CC(Oc1cnc(C(=O)O)c(C)c1)c1ccc(C(C)(F)F)c(F)c1)C(=O)OC(C)(C)C. The summed E-state index contributed by atoms with van der Waals surface area (Å²) >= 11 is 0. The Morgan fingerprint density at radius 1 is 1.13 bits per heavy atom. The number of amides is 1. The van der Waals surface area contributed by atoms with Crippen LogP contribution < -0.4 is 4.74 Å². The molecule has 1 atom stereocenters. The van der Waals surface area contributed by atoms with Gasteiger partial charge in [0.05, 0.1) is 11.8 Å². The summed E-state index contributed by atoms with van der Waals surface area (Å²) in [5, 5.41) is 9.23. The number of likely N-dealkylation sites (N-methyl/N-ethyl adjacent to an activating group) is 2. The van der Waals surface area contributed by atoms with Crippen molar-refractivity contribution in [1.82, 2.24) is 14.8 Å². The summed E-state index contributed by atoms with van der Waals surface area (Å²) in [5.41, 5.74) is -0.823. The molecule has 2 rings (SSSR count). The molecule has 11 heteroatoms. The highest BCUT2D eigenvalue weighted by Crippen LogP contribution is 2.32. The van der Waals surface area contributed by atoms with Crippen LogP contribution in [0.25, 0.3) is 0 Å². The van der Waals surface area contributed by atoms with Crippen LogP contribution in [-0.4, -0.2) is 70.8 Å². The van der Waals surface area contributed by atoms with E-state index >= 15 is 0 Å². The molecule has 38 heavy (non-hydrogen) atoms. The average Bonchev–Trinajstić information content (AvgIpc) is 2.76. The first-order valence-electron chi connectivity index (χ1n) is 12.2. The van der Waals surface area contributed by atoms with Gasteiger partial charge in [0.1, 0.15) is 23.3 Å². The van der Waals surface area contributed by atoms with Crippen molar-refractivity contribution in [2.45, 2.75) is 59.2 Å². The molecule has 0 saturated carbocycles. The number of ether oxygens (including phenoxy) is 2. The Labute approximate surface area is 221 Å². The standard InChI is InChI=1S/C27H36F3N3O5/c1-8-33(25(36)38-26(3,4)5)12-11-32(7)16-22(18-9-10-20(21(28)14-18)27(6,29)30)37-19-13-17(2)23(24(34)35)31-15-19/h9-10,13-15,22H,8,11-12,16H2,1-7H3,(H,34,35). The Hall–Kier alpha value is -3.34. The third-order valence-corrected chi connectivity index (χ3v) is 5.63. The van der Waals surface area contributed by atoms with Gasteiger partial charge in [-0.2, -0.15) is 0 Å². The Morgan fingerprint density at radius 2 is 1.79 bits per heavy atom. The van der Waals surface area contributed by atoms with Crippen molar-refractivity contribution in [3.63, 3.8) is 0 Å². The topological polar surface area (TPSA) is 92.2 Å². The van der Waals surface area contributed by atoms with E-state index in [1.165, 1.54) is 18.3 Å². The van der Waals surface area contributed by atoms with Gasteiger partial charge >= 0.3 is 12.1 Å². The third-order valence-electron chi connectivity index (χ3n) is 5.63. The van der Waals surface area contributed by atoms with Gasteiger partial charge in [0.2, 0.25) is 0 Å². The van der Waals surface area contributed by atoms with E-state index in [0.717, 1.165) is 12.1 Å². The average molecular weight is 540 g/mol. The highest BCUT2D eigenvalue weighted by Gasteiger charge is 2.29. The summed E-state index contributed by atoms with van der Waals surface area (Å²) in [5.74, 6) is -5.37. The molecule has 8 nitrogen and oxygen atoms in total. The summed E-state index contributed by atoms with van der Waals surface area (Å²) in [6.07, 6.45) is -0.0164. The number of carbonyl (C=O) groups is 2. The van der Waals surface area contributed by atoms with E-state index in [9.17, 15) is 27.9 Å². The van der Waals surface area contributed by atoms with Gasteiger partial charge in [0.15, 0.2) is 5.69 Å². The fraction of sp³-hybridized carbons (Fsp3) is 0.519. The second-order valence-electron chi connectivity index (χ2n) is 10.2. The summed E-state index contributed by atoms with van der Waals surface area (Å²) in [6.45, 7) is 10.8. The monoisotopic (exact) mass is 539 g/mol. The van der Waals surface area contributed by atoms with Crippen LogP contribution >= 0.6 is 0 Å². The molecule has 0 fully saturated rings. The molecule has 1 unspecified atom stereocenters. The molecule has 0 saturated heterocycles. The highest BCUT2D eigenvalue weighted by atomic mass is 19.3. The lowest BCUT2D eigenvalue weighted by Gasteiger charge is -2.29. The zero-order valence-corrected chi connectivity index (χ0v) is 22.8. The van der Waals surface area contributed by atoms with Crippen molar-refractivity contribution < 1.29 is 37.3 Å². The summed E-state index contributed by atoms with van der Waals surface area (Å²) in [6, 6.07) is 4.91. The normalized spacial score (nSPS) is 12.8. The number of carbonyl (C=O) groups excluding carboxylic acids is 1. The highest BCUT2D eigenvalue weighted by molar-refractivity contribution is 5.87. The largest absolute Gasteiger partial charge is 0.483 e. The summed E-state index contributed by atoms with van der Waals surface area (Å²) < 4.78 is 53.6. The number of nitrogens with zero attached hydrogens (tertiary/aromatic N) is 3. The lowest BCUT2D eigenvalue weighted by Crippen LogP contribution is -2.41. The quantitative estimate of drug-likeness (QED) is 0.395. The minimum absolute atomic E-state index is 0.131. The van der Waals surface area contributed by atoms with E-state index in [0.29, 0.717) is 37.7 Å². The maximum absolute atomic E-state index is 14.6. The molecular weight excluding hydrogens is 503 g/mol. The van der Waals surface area contributed by atoms with Gasteiger partial charge in [0.25, 0.3) is 5.92 Å². The Kier molecular flexibility index (Phi) is 10.1. The Balaban J connectivity index is 2.27. The number of carboxylic acid groups (broad SMARTS) is 1. The molecule has 0 bridgehead atoms. The smallest absolute Gasteiger partial charge is 0.410 e. The van der Waals surface area contributed by atoms with Crippen LogP contribution in [-0.2, 0) is 10.7 Å². The van der Waals surface area contributed by atoms with Gasteiger partial charge < -0.3 is 24.4 Å². The van der Waals surface area contributed by atoms with Gasteiger partial charge in [-0.1, -0.05) is 6.07 Å². The van der Waals surface area contributed by atoms with Gasteiger partial charge in [-0.15, -0.1) is 0 Å². The molecule has 0 aliphatic carbocycles. The predicted molar refractivity (Wildman–Crippen MR) is 136 cm³/mol. The fourth-order valence-electron chi connectivity index (χ4n) is 3.67. The first kappa shape index (κ1) is 30.9. The Bertz CT molecular complexity index is 1130. The van der Waals surface area contributed by atoms with Gasteiger partial charge in [-0.05, 0) is 71.0 Å². The maximum Gasteiger partial charge on any atom is 0.410 e. The zero-order chi connectivity index (χ0) is 28.8. The van der Waals surface area contributed by atoms with Crippen molar-refractivity contribution in [1.29, 1.82) is 0 Å². The number of aromatic carboxylic acids is 1. The van der Waals surface area contributed by atoms with Crippen LogP contribution in [0, 0.1) is 12.7 Å². The van der Waals surface area contributed by atoms with Crippen molar-refractivity contribution >= 4 is 12.1 Å². The van der Waals surface area contributed by atoms with Crippen LogP contribution in [0.4, 0.5) is 18.0 Å². The number of benzene rings is 1. The van der Waals surface area contributed by atoms with Gasteiger partial charge in [0, 0.05) is 33.1 Å². The molecule has 1 aromatic carbocycles. The Morgan fingerprint density at radius 3 is 2.29 bits per heavy atom. The number of halogens is 3. The van der Waals surface area contributed by atoms with Crippen molar-refractivity contribution in [2.75, 3.05) is 33.2 Å². The molecule has 1 amide bonds. The molecule has 0 radical (unpaired) electrons. The summed E-state index contributed by atoms with van der Waals surface area (Å²) in [7, 11) is 1.78. The maximum atomic E-state index is 14.6. The first-order chi connectivity index (χ1) is 17.5. The van der Waals surface area contributed by atoms with E-state index in [2.05, 4.69) is 4.98 Å². The van der Waals surface area contributed by atoms with E-state index in [1.54, 1.807) is 39.6 Å². The number of carboxylic acids is 1. The van der Waals surface area contributed by atoms with Crippen molar-refractivity contribution in [3.05, 3.63) is 58.7 Å². The zero-order valence-electron chi connectivity index (χ0n) is 22.8. The molecular formula is C27H36F3N3O5. The van der Waals surface area contributed by atoms with Crippen LogP contribution in [0.1, 0.15) is 67.9 Å². The molecule has 1 N–H and O–H groups in total. The molecule has 0 spiro atoms. The molecule has 1 aromatic heterocycles. The molecule has 2 aromatic rings. The van der Waals surface area contributed by atoms with E-state index in [4.69, 9.17) is 9.47 Å². The van der Waals surface area contributed by atoms with Gasteiger partial charge in [-0.3, -0.25) is 0 Å².